The van der Waals surface area contributed by atoms with E-state index in [2.05, 4.69) is 4.90 Å². The zero-order valence-electron chi connectivity index (χ0n) is 7.41. The molecule has 0 spiro atoms. The lowest BCUT2D eigenvalue weighted by molar-refractivity contribution is 0.0378. The van der Waals surface area contributed by atoms with E-state index in [0.717, 1.165) is 18.3 Å². The van der Waals surface area contributed by atoms with Gasteiger partial charge in [-0.2, -0.15) is 0 Å². The van der Waals surface area contributed by atoms with Gasteiger partial charge < -0.3 is 10.0 Å². The maximum absolute atomic E-state index is 8.83. The van der Waals surface area contributed by atoms with E-state index in [1.54, 1.807) is 0 Å². The minimum atomic E-state index is 0. The molecule has 3 aliphatic heterocycles. The van der Waals surface area contributed by atoms with Gasteiger partial charge in [-0.15, -0.1) is 12.4 Å². The van der Waals surface area contributed by atoms with Crippen LogP contribution in [0.1, 0.15) is 19.3 Å². The van der Waals surface area contributed by atoms with E-state index in [1.165, 1.54) is 32.5 Å². The van der Waals surface area contributed by atoms with Crippen LogP contribution in [0.5, 0.6) is 0 Å². The van der Waals surface area contributed by atoms with Gasteiger partial charge in [0.15, 0.2) is 0 Å². The fourth-order valence-electron chi connectivity index (χ4n) is 2.58. The highest BCUT2D eigenvalue weighted by Crippen LogP contribution is 2.33. The van der Waals surface area contributed by atoms with Crippen LogP contribution >= 0.6 is 12.4 Å². The highest BCUT2D eigenvalue weighted by molar-refractivity contribution is 5.85. The number of halogens is 1. The molecule has 0 radical (unpaired) electrons. The molecule has 72 valence electrons. The summed E-state index contributed by atoms with van der Waals surface area (Å²) in [5.41, 5.74) is 0. The summed E-state index contributed by atoms with van der Waals surface area (Å²) in [6, 6.07) is 0. The second-order valence-corrected chi connectivity index (χ2v) is 3.91. The minimum Gasteiger partial charge on any atom is -0.396 e. The van der Waals surface area contributed by atoms with Crippen molar-refractivity contribution in [2.24, 2.45) is 11.8 Å². The van der Waals surface area contributed by atoms with Crippen LogP contribution in [0.3, 0.4) is 0 Å². The van der Waals surface area contributed by atoms with Gasteiger partial charge >= 0.3 is 0 Å². The largest absolute Gasteiger partial charge is 0.396 e. The van der Waals surface area contributed by atoms with Crippen molar-refractivity contribution >= 4 is 12.4 Å². The van der Waals surface area contributed by atoms with Gasteiger partial charge in [-0.25, -0.2) is 0 Å². The molecule has 3 heteroatoms. The average Bonchev–Trinajstić information content (AvgIpc) is 2.07. The molecule has 0 aliphatic carbocycles. The number of aliphatic hydroxyl groups is 1. The molecule has 1 unspecified atom stereocenters. The molecular formula is C9H18ClNO. The van der Waals surface area contributed by atoms with Gasteiger partial charge in [0, 0.05) is 13.2 Å². The fourth-order valence-corrected chi connectivity index (χ4v) is 2.58. The Bertz CT molecular complexity index is 134. The van der Waals surface area contributed by atoms with Gasteiger partial charge in [-0.3, -0.25) is 0 Å². The van der Waals surface area contributed by atoms with Crippen LogP contribution in [-0.2, 0) is 0 Å². The van der Waals surface area contributed by atoms with Crippen molar-refractivity contribution in [3.05, 3.63) is 0 Å². The van der Waals surface area contributed by atoms with Crippen molar-refractivity contribution in [1.82, 2.24) is 4.90 Å². The molecule has 3 rings (SSSR count). The maximum Gasteiger partial charge on any atom is 0.0434 e. The number of fused-ring (bicyclic) bond motifs is 3. The summed E-state index contributed by atoms with van der Waals surface area (Å²) in [6.45, 7) is 4.26. The van der Waals surface area contributed by atoms with Gasteiger partial charge in [-0.1, -0.05) is 0 Å². The SMILES string of the molecule is Cl.OCCC1CN2CCC1CC2. The predicted octanol–water partition coefficient (Wildman–Crippen LogP) is 1.13. The van der Waals surface area contributed by atoms with E-state index in [4.69, 9.17) is 5.11 Å². The van der Waals surface area contributed by atoms with Crippen molar-refractivity contribution < 1.29 is 5.11 Å². The summed E-state index contributed by atoms with van der Waals surface area (Å²) in [7, 11) is 0. The molecule has 12 heavy (non-hydrogen) atoms. The Balaban J connectivity index is 0.000000720. The van der Waals surface area contributed by atoms with Crippen LogP contribution in [0, 0.1) is 11.8 Å². The Labute approximate surface area is 80.4 Å². The lowest BCUT2D eigenvalue weighted by atomic mass is 9.78. The predicted molar refractivity (Wildman–Crippen MR) is 51.6 cm³/mol. The lowest BCUT2D eigenvalue weighted by Gasteiger charge is -2.44. The molecule has 0 aromatic rings. The van der Waals surface area contributed by atoms with Crippen LogP contribution in [-0.4, -0.2) is 36.2 Å². The number of rotatable bonds is 2. The van der Waals surface area contributed by atoms with Crippen LogP contribution in [0.4, 0.5) is 0 Å². The summed E-state index contributed by atoms with van der Waals surface area (Å²) in [5.74, 6) is 1.75. The second-order valence-electron chi connectivity index (χ2n) is 3.91. The van der Waals surface area contributed by atoms with Crippen molar-refractivity contribution in [3.8, 4) is 0 Å². The summed E-state index contributed by atoms with van der Waals surface area (Å²) in [4.78, 5) is 2.54. The van der Waals surface area contributed by atoms with E-state index in [9.17, 15) is 0 Å². The first-order valence-electron chi connectivity index (χ1n) is 4.73. The molecule has 3 aliphatic rings. The molecule has 0 aromatic carbocycles. The van der Waals surface area contributed by atoms with E-state index >= 15 is 0 Å². The molecule has 0 amide bonds. The van der Waals surface area contributed by atoms with Crippen LogP contribution < -0.4 is 0 Å². The Morgan fingerprint density at radius 1 is 1.25 bits per heavy atom. The summed E-state index contributed by atoms with van der Waals surface area (Å²) in [6.07, 6.45) is 3.79. The lowest BCUT2D eigenvalue weighted by Crippen LogP contribution is -2.47. The quantitative estimate of drug-likeness (QED) is 0.708. The number of nitrogens with zero attached hydrogens (tertiary/aromatic N) is 1. The first kappa shape index (κ1) is 10.3. The Morgan fingerprint density at radius 3 is 2.33 bits per heavy atom. The van der Waals surface area contributed by atoms with Crippen LogP contribution in [0.15, 0.2) is 0 Å². The standard InChI is InChI=1S/C9H17NO.ClH/c11-6-3-9-7-10-4-1-8(9)2-5-10;/h8-9,11H,1-7H2;1H. The normalized spacial score (nSPS) is 39.2. The average molecular weight is 192 g/mol. The first-order chi connectivity index (χ1) is 5.40. The smallest absolute Gasteiger partial charge is 0.0434 e. The summed E-state index contributed by atoms with van der Waals surface area (Å²) >= 11 is 0. The molecule has 3 saturated heterocycles. The maximum atomic E-state index is 8.83. The number of hydrogen-bond acceptors (Lipinski definition) is 2. The van der Waals surface area contributed by atoms with Gasteiger partial charge in [0.05, 0.1) is 0 Å². The van der Waals surface area contributed by atoms with Crippen LogP contribution in [0.2, 0.25) is 0 Å². The Hall–Kier alpha value is 0.210. The summed E-state index contributed by atoms with van der Waals surface area (Å²) in [5, 5.41) is 8.83. The molecule has 3 fully saturated rings. The Morgan fingerprint density at radius 2 is 1.92 bits per heavy atom. The third-order valence-corrected chi connectivity index (χ3v) is 3.29. The monoisotopic (exact) mass is 191 g/mol. The van der Waals surface area contributed by atoms with Gasteiger partial charge in [0.25, 0.3) is 0 Å². The molecule has 3 heterocycles. The molecule has 2 bridgehead atoms. The zero-order chi connectivity index (χ0) is 7.68. The highest BCUT2D eigenvalue weighted by Gasteiger charge is 2.33. The first-order valence-corrected chi connectivity index (χ1v) is 4.73. The molecule has 1 atom stereocenters. The number of hydrogen-bond donors (Lipinski definition) is 1. The molecule has 0 saturated carbocycles. The van der Waals surface area contributed by atoms with Gasteiger partial charge in [0.1, 0.15) is 0 Å². The third-order valence-electron chi connectivity index (χ3n) is 3.29. The number of piperidine rings is 3. The van der Waals surface area contributed by atoms with E-state index in [0.29, 0.717) is 6.61 Å². The van der Waals surface area contributed by atoms with Crippen molar-refractivity contribution in [2.45, 2.75) is 19.3 Å². The van der Waals surface area contributed by atoms with Crippen LogP contribution in [0.25, 0.3) is 0 Å². The molecule has 0 aromatic heterocycles. The Kier molecular flexibility index (Phi) is 3.81. The van der Waals surface area contributed by atoms with Crippen molar-refractivity contribution in [3.63, 3.8) is 0 Å². The van der Waals surface area contributed by atoms with E-state index in [-0.39, 0.29) is 12.4 Å². The highest BCUT2D eigenvalue weighted by atomic mass is 35.5. The van der Waals surface area contributed by atoms with E-state index < -0.39 is 0 Å². The topological polar surface area (TPSA) is 23.5 Å². The van der Waals surface area contributed by atoms with Gasteiger partial charge in [0.2, 0.25) is 0 Å². The molecular weight excluding hydrogens is 174 g/mol. The third kappa shape index (κ3) is 1.93. The second kappa shape index (κ2) is 4.45. The minimum absolute atomic E-state index is 0. The zero-order valence-corrected chi connectivity index (χ0v) is 8.22. The van der Waals surface area contributed by atoms with Crippen molar-refractivity contribution in [1.29, 1.82) is 0 Å². The summed E-state index contributed by atoms with van der Waals surface area (Å²) < 4.78 is 0. The van der Waals surface area contributed by atoms with E-state index in [1.807, 2.05) is 0 Å². The fraction of sp³-hybridized carbons (Fsp3) is 1.00. The number of aliphatic hydroxyl groups excluding tert-OH is 1. The molecule has 1 N–H and O–H groups in total. The van der Waals surface area contributed by atoms with Gasteiger partial charge in [-0.05, 0) is 44.2 Å². The molecule has 2 nitrogen and oxygen atoms in total. The van der Waals surface area contributed by atoms with Crippen molar-refractivity contribution in [2.75, 3.05) is 26.2 Å².